The third-order valence-electron chi connectivity index (χ3n) is 2.59. The minimum atomic E-state index is -3.79. The largest absolute Gasteiger partial charge is 0.366 e. The number of aromatic nitrogens is 4. The van der Waals surface area contributed by atoms with Gasteiger partial charge in [0.25, 0.3) is 0 Å². The second kappa shape index (κ2) is 5.35. The fraction of sp³-hybridized carbons (Fsp3) is 0.200. The Morgan fingerprint density at radius 3 is 2.80 bits per heavy atom. The maximum atomic E-state index is 12.1. The van der Waals surface area contributed by atoms with Gasteiger partial charge in [-0.15, -0.1) is 10.2 Å². The van der Waals surface area contributed by atoms with Crippen LogP contribution in [0.4, 0.5) is 0 Å². The van der Waals surface area contributed by atoms with Crippen molar-refractivity contribution in [2.45, 2.75) is 18.4 Å². The van der Waals surface area contributed by atoms with E-state index >= 15 is 0 Å². The number of aromatic amines is 1. The number of hydrogen-bond donors (Lipinski definition) is 3. The molecule has 1 aromatic carbocycles. The highest BCUT2D eigenvalue weighted by Gasteiger charge is 2.17. The molecule has 9 nitrogen and oxygen atoms in total. The zero-order valence-corrected chi connectivity index (χ0v) is 11.3. The summed E-state index contributed by atoms with van der Waals surface area (Å²) in [6.07, 6.45) is 0. The molecule has 0 saturated heterocycles. The number of H-pyrrole nitrogens is 1. The van der Waals surface area contributed by atoms with E-state index in [1.807, 2.05) is 0 Å². The van der Waals surface area contributed by atoms with Crippen LogP contribution in [0.3, 0.4) is 0 Å². The van der Waals surface area contributed by atoms with Crippen LogP contribution in [0.1, 0.15) is 21.7 Å². The number of amides is 1. The standard InChI is InChI=1S/C10H12N6O3S/c1-6-2-3-7(4-8(6)10(11)17)20(18,19)12-5-9-13-15-16-14-9/h2-4,12H,5H2,1H3,(H2,11,17)(H,13,14,15,16). The molecule has 0 atom stereocenters. The molecule has 4 N–H and O–H groups in total. The quantitative estimate of drug-likeness (QED) is 0.651. The Morgan fingerprint density at radius 1 is 1.45 bits per heavy atom. The number of nitrogens with one attached hydrogen (secondary N) is 2. The molecule has 10 heteroatoms. The Morgan fingerprint density at radius 2 is 2.20 bits per heavy atom. The van der Waals surface area contributed by atoms with Gasteiger partial charge >= 0.3 is 0 Å². The summed E-state index contributed by atoms with van der Waals surface area (Å²) in [7, 11) is -3.79. The van der Waals surface area contributed by atoms with Crippen molar-refractivity contribution in [3.05, 3.63) is 35.2 Å². The predicted molar refractivity (Wildman–Crippen MR) is 67.9 cm³/mol. The molecule has 1 amide bonds. The van der Waals surface area contributed by atoms with E-state index < -0.39 is 15.9 Å². The lowest BCUT2D eigenvalue weighted by molar-refractivity contribution is 0.0999. The Bertz CT molecular complexity index is 725. The molecule has 20 heavy (non-hydrogen) atoms. The van der Waals surface area contributed by atoms with Gasteiger partial charge in [0, 0.05) is 5.56 Å². The fourth-order valence-corrected chi connectivity index (χ4v) is 2.54. The van der Waals surface area contributed by atoms with Gasteiger partial charge in [0.15, 0.2) is 5.82 Å². The van der Waals surface area contributed by atoms with Crippen LogP contribution in [0.2, 0.25) is 0 Å². The van der Waals surface area contributed by atoms with E-state index in [1.165, 1.54) is 18.2 Å². The monoisotopic (exact) mass is 296 g/mol. The van der Waals surface area contributed by atoms with Crippen LogP contribution in [0.25, 0.3) is 0 Å². The number of hydrogen-bond acceptors (Lipinski definition) is 6. The number of primary amides is 1. The van der Waals surface area contributed by atoms with Gasteiger partial charge in [-0.3, -0.25) is 4.79 Å². The first-order valence-electron chi connectivity index (χ1n) is 5.52. The Hall–Kier alpha value is -2.33. The van der Waals surface area contributed by atoms with Gasteiger partial charge in [-0.2, -0.15) is 5.21 Å². The molecule has 2 rings (SSSR count). The Labute approximate surface area is 114 Å². The SMILES string of the molecule is Cc1ccc(S(=O)(=O)NCc2nn[nH]n2)cc1C(N)=O. The van der Waals surface area contributed by atoms with Gasteiger partial charge in [-0.1, -0.05) is 11.3 Å². The van der Waals surface area contributed by atoms with Crippen LogP contribution in [0, 0.1) is 6.92 Å². The second-order valence-electron chi connectivity index (χ2n) is 3.99. The van der Waals surface area contributed by atoms with E-state index in [9.17, 15) is 13.2 Å². The van der Waals surface area contributed by atoms with Crippen molar-refractivity contribution in [1.29, 1.82) is 0 Å². The van der Waals surface area contributed by atoms with E-state index in [0.717, 1.165) is 0 Å². The smallest absolute Gasteiger partial charge is 0.249 e. The molecule has 0 fully saturated rings. The molecule has 1 heterocycles. The van der Waals surface area contributed by atoms with Crippen molar-refractivity contribution < 1.29 is 13.2 Å². The fourth-order valence-electron chi connectivity index (χ4n) is 1.53. The van der Waals surface area contributed by atoms with Gasteiger partial charge in [0.2, 0.25) is 15.9 Å². The summed E-state index contributed by atoms with van der Waals surface area (Å²) in [5, 5.41) is 12.8. The van der Waals surface area contributed by atoms with Crippen LogP contribution in [-0.2, 0) is 16.6 Å². The lowest BCUT2D eigenvalue weighted by atomic mass is 10.1. The third-order valence-corrected chi connectivity index (χ3v) is 3.99. The highest BCUT2D eigenvalue weighted by Crippen LogP contribution is 2.15. The predicted octanol–water partition coefficient (Wildman–Crippen LogP) is -0.914. The summed E-state index contributed by atoms with van der Waals surface area (Å²) in [4.78, 5) is 11.2. The Kier molecular flexibility index (Phi) is 3.77. The summed E-state index contributed by atoms with van der Waals surface area (Å²) in [6.45, 7) is 1.56. The maximum absolute atomic E-state index is 12.1. The third kappa shape index (κ3) is 2.97. The van der Waals surface area contributed by atoms with E-state index in [-0.39, 0.29) is 22.8 Å². The molecule has 0 bridgehead atoms. The molecular formula is C10H12N6O3S. The van der Waals surface area contributed by atoms with Gasteiger partial charge in [0.1, 0.15) is 0 Å². The highest BCUT2D eigenvalue weighted by atomic mass is 32.2. The van der Waals surface area contributed by atoms with Crippen molar-refractivity contribution in [3.63, 3.8) is 0 Å². The van der Waals surface area contributed by atoms with E-state index in [4.69, 9.17) is 5.73 Å². The minimum Gasteiger partial charge on any atom is -0.366 e. The average Bonchev–Trinajstić information content (AvgIpc) is 2.89. The number of sulfonamides is 1. The maximum Gasteiger partial charge on any atom is 0.249 e. The minimum absolute atomic E-state index is 0.0552. The number of benzene rings is 1. The van der Waals surface area contributed by atoms with Crippen LogP contribution in [0.15, 0.2) is 23.1 Å². The molecule has 0 aliphatic carbocycles. The number of carbonyl (C=O) groups excluding carboxylic acids is 1. The van der Waals surface area contributed by atoms with Gasteiger partial charge < -0.3 is 5.73 Å². The number of nitrogens with zero attached hydrogens (tertiary/aromatic N) is 3. The number of rotatable bonds is 5. The molecule has 1 aromatic heterocycles. The molecular weight excluding hydrogens is 284 g/mol. The molecule has 2 aromatic rings. The molecule has 0 radical (unpaired) electrons. The van der Waals surface area contributed by atoms with Crippen LogP contribution < -0.4 is 10.5 Å². The van der Waals surface area contributed by atoms with Crippen molar-refractivity contribution in [1.82, 2.24) is 25.3 Å². The molecule has 0 spiro atoms. The van der Waals surface area contributed by atoms with Crippen LogP contribution in [-0.4, -0.2) is 34.9 Å². The first-order valence-corrected chi connectivity index (χ1v) is 7.01. The topological polar surface area (TPSA) is 144 Å². The summed E-state index contributed by atoms with van der Waals surface area (Å²) in [6, 6.07) is 4.14. The number of nitrogens with two attached hydrogens (primary N) is 1. The Balaban J connectivity index is 2.25. The van der Waals surface area contributed by atoms with E-state index in [0.29, 0.717) is 5.56 Å². The summed E-state index contributed by atoms with van der Waals surface area (Å²) in [5.41, 5.74) is 5.96. The van der Waals surface area contributed by atoms with Crippen molar-refractivity contribution in [2.75, 3.05) is 0 Å². The normalized spacial score (nSPS) is 11.4. The van der Waals surface area contributed by atoms with Crippen molar-refractivity contribution in [2.24, 2.45) is 5.73 Å². The highest BCUT2D eigenvalue weighted by molar-refractivity contribution is 7.89. The van der Waals surface area contributed by atoms with Gasteiger partial charge in [-0.05, 0) is 24.6 Å². The number of aryl methyl sites for hydroxylation is 1. The lowest BCUT2D eigenvalue weighted by Gasteiger charge is -2.07. The number of carbonyl (C=O) groups is 1. The van der Waals surface area contributed by atoms with Crippen molar-refractivity contribution >= 4 is 15.9 Å². The first kappa shape index (κ1) is 14.1. The second-order valence-corrected chi connectivity index (χ2v) is 5.76. The molecule has 0 saturated carbocycles. The summed E-state index contributed by atoms with van der Waals surface area (Å²) >= 11 is 0. The molecule has 0 unspecified atom stereocenters. The first-order chi connectivity index (χ1) is 9.40. The van der Waals surface area contributed by atoms with Crippen LogP contribution >= 0.6 is 0 Å². The summed E-state index contributed by atoms with van der Waals surface area (Å²) < 4.78 is 26.4. The molecule has 106 valence electrons. The zero-order chi connectivity index (χ0) is 14.8. The average molecular weight is 296 g/mol. The zero-order valence-electron chi connectivity index (χ0n) is 10.5. The molecule has 0 aliphatic rings. The van der Waals surface area contributed by atoms with E-state index in [2.05, 4.69) is 25.3 Å². The summed E-state index contributed by atoms with van der Waals surface area (Å²) in [5.74, 6) is -0.478. The number of tetrazole rings is 1. The van der Waals surface area contributed by atoms with Crippen LogP contribution in [0.5, 0.6) is 0 Å². The molecule has 0 aliphatic heterocycles. The van der Waals surface area contributed by atoms with Gasteiger partial charge in [-0.25, -0.2) is 13.1 Å². The van der Waals surface area contributed by atoms with Crippen molar-refractivity contribution in [3.8, 4) is 0 Å². The lowest BCUT2D eigenvalue weighted by Crippen LogP contribution is -2.24. The van der Waals surface area contributed by atoms with E-state index in [1.54, 1.807) is 6.92 Å². The van der Waals surface area contributed by atoms with Gasteiger partial charge in [0.05, 0.1) is 11.4 Å².